The predicted octanol–water partition coefficient (Wildman–Crippen LogP) is 2.66. The van der Waals surface area contributed by atoms with Gasteiger partial charge in [-0.05, 0) is 36.8 Å². The van der Waals surface area contributed by atoms with Crippen LogP contribution in [0.4, 0.5) is 5.82 Å². The number of halogens is 1. The van der Waals surface area contributed by atoms with E-state index in [-0.39, 0.29) is 27.2 Å². The van der Waals surface area contributed by atoms with Gasteiger partial charge in [0, 0.05) is 17.4 Å². The highest BCUT2D eigenvalue weighted by Gasteiger charge is 2.31. The van der Waals surface area contributed by atoms with Gasteiger partial charge in [0.1, 0.15) is 5.52 Å². The topological polar surface area (TPSA) is 154 Å². The molecule has 6 N–H and O–H groups in total. The van der Waals surface area contributed by atoms with Crippen LogP contribution in [0, 0.1) is 0 Å². The Morgan fingerprint density at radius 1 is 1.29 bits per heavy atom. The van der Waals surface area contributed by atoms with Crippen molar-refractivity contribution in [2.45, 2.75) is 17.4 Å². The number of nitrogens with one attached hydrogen (secondary N) is 2. The zero-order valence-corrected chi connectivity index (χ0v) is 16.9. The molecule has 1 saturated heterocycles. The van der Waals surface area contributed by atoms with Crippen LogP contribution in [0.1, 0.15) is 6.42 Å². The van der Waals surface area contributed by atoms with Crippen LogP contribution in [0.2, 0.25) is 5.02 Å². The van der Waals surface area contributed by atoms with Gasteiger partial charge in [-0.25, -0.2) is 18.1 Å². The number of nitrogens with zero attached hydrogens (tertiary/aromatic N) is 2. The van der Waals surface area contributed by atoms with Crippen LogP contribution in [0.3, 0.4) is 0 Å². The summed E-state index contributed by atoms with van der Waals surface area (Å²) in [6, 6.07) is 7.34. The first-order valence-corrected chi connectivity index (χ1v) is 12.1. The Kier molecular flexibility index (Phi) is 4.76. The molecule has 0 radical (unpaired) electrons. The van der Waals surface area contributed by atoms with Gasteiger partial charge in [-0.15, -0.1) is 0 Å². The number of H-pyrrole nitrogens is 1. The van der Waals surface area contributed by atoms with Gasteiger partial charge >= 0.3 is 0 Å². The minimum atomic E-state index is -3.85. The van der Waals surface area contributed by atoms with Crippen molar-refractivity contribution in [3.8, 4) is 11.3 Å². The van der Waals surface area contributed by atoms with Crippen LogP contribution in [-0.4, -0.2) is 50.3 Å². The van der Waals surface area contributed by atoms with Crippen LogP contribution in [-0.2, 0) is 10.0 Å². The molecule has 1 aromatic carbocycles. The molecule has 0 bridgehead atoms. The zero-order valence-electron chi connectivity index (χ0n) is 14.5. The number of nitrogen functional groups attached to an aromatic ring is 1. The highest BCUT2D eigenvalue weighted by atomic mass is 35.5. The van der Waals surface area contributed by atoms with Crippen LogP contribution in [0.25, 0.3) is 22.3 Å². The number of aromatic amines is 1. The van der Waals surface area contributed by atoms with Gasteiger partial charge in [0.15, 0.2) is 5.82 Å². The fourth-order valence-electron chi connectivity index (χ4n) is 3.14. The van der Waals surface area contributed by atoms with E-state index in [4.69, 9.17) is 17.3 Å². The first kappa shape index (κ1) is 19.4. The maximum atomic E-state index is 12.6. The molecule has 1 fully saturated rings. The molecular formula is C16H18ClN5O4S2. The quantitative estimate of drug-likeness (QED) is 0.415. The van der Waals surface area contributed by atoms with E-state index in [1.54, 1.807) is 18.2 Å². The summed E-state index contributed by atoms with van der Waals surface area (Å²) in [7, 11) is -6.54. The molecule has 0 spiro atoms. The highest BCUT2D eigenvalue weighted by Crippen LogP contribution is 2.46. The van der Waals surface area contributed by atoms with Gasteiger partial charge in [-0.3, -0.25) is 14.2 Å². The molecule has 0 saturated carbocycles. The van der Waals surface area contributed by atoms with Gasteiger partial charge in [-0.2, -0.15) is 15.7 Å². The van der Waals surface area contributed by atoms with E-state index in [0.717, 1.165) is 0 Å². The van der Waals surface area contributed by atoms with Gasteiger partial charge in [0.25, 0.3) is 0 Å². The molecule has 1 unspecified atom stereocenters. The SMILES string of the molecule is Nc1n[nH]c2ccc(-c3ccc(S(=O)(=O)NC4CCS(O)(O)C4)cc3Cl)nc12. The Balaban J connectivity index is 1.62. The molecule has 0 amide bonds. The Bertz CT molecular complexity index is 1170. The molecule has 2 aromatic heterocycles. The average Bonchev–Trinajstić information content (AvgIpc) is 3.16. The van der Waals surface area contributed by atoms with Crippen molar-refractivity contribution < 1.29 is 17.5 Å². The number of rotatable bonds is 4. The van der Waals surface area contributed by atoms with E-state index >= 15 is 0 Å². The monoisotopic (exact) mass is 443 g/mol. The number of nitrogens with two attached hydrogens (primary N) is 1. The third kappa shape index (κ3) is 3.69. The number of fused-ring (bicyclic) bond motifs is 1. The summed E-state index contributed by atoms with van der Waals surface area (Å²) < 4.78 is 47.1. The third-order valence-electron chi connectivity index (χ3n) is 4.54. The summed E-state index contributed by atoms with van der Waals surface area (Å²) in [4.78, 5) is 4.43. The Morgan fingerprint density at radius 3 is 2.75 bits per heavy atom. The molecule has 9 nitrogen and oxygen atoms in total. The summed E-state index contributed by atoms with van der Waals surface area (Å²) in [5, 5.41) is 6.87. The number of anilines is 1. The van der Waals surface area contributed by atoms with Gasteiger partial charge in [0.2, 0.25) is 10.0 Å². The lowest BCUT2D eigenvalue weighted by Crippen LogP contribution is -2.35. The number of aromatic nitrogens is 3. The second kappa shape index (κ2) is 6.87. The summed E-state index contributed by atoms with van der Waals surface area (Å²) >= 11 is 6.33. The standard InChI is InChI=1S/C16H18ClN5O4S2/c17-12-7-10(28(25,26)22-9-5-6-27(23,24)8-9)1-2-11(12)13-3-4-14-15(19-13)16(18)21-20-14/h1-4,7,9,22-24H,5-6,8H2,(H3,18,20,21). The molecule has 0 aliphatic carbocycles. The summed E-state index contributed by atoms with van der Waals surface area (Å²) in [6.07, 6.45) is 0.378. The lowest BCUT2D eigenvalue weighted by molar-refractivity contribution is 0.494. The number of benzene rings is 1. The predicted molar refractivity (Wildman–Crippen MR) is 110 cm³/mol. The molecule has 1 aliphatic rings. The number of hydrogen-bond acceptors (Lipinski definition) is 7. The molecular weight excluding hydrogens is 426 g/mol. The van der Waals surface area contributed by atoms with Crippen LogP contribution >= 0.6 is 22.2 Å². The molecule has 28 heavy (non-hydrogen) atoms. The number of pyridine rings is 1. The highest BCUT2D eigenvalue weighted by molar-refractivity contribution is 8.24. The van der Waals surface area contributed by atoms with Gasteiger partial charge in [-0.1, -0.05) is 11.6 Å². The zero-order chi connectivity index (χ0) is 20.1. The van der Waals surface area contributed by atoms with Crippen molar-refractivity contribution in [1.82, 2.24) is 19.9 Å². The summed E-state index contributed by atoms with van der Waals surface area (Å²) in [5.41, 5.74) is 8.06. The van der Waals surface area contributed by atoms with E-state index < -0.39 is 26.7 Å². The van der Waals surface area contributed by atoms with E-state index in [1.165, 1.54) is 12.1 Å². The molecule has 3 heterocycles. The second-order valence-corrected chi connectivity index (χ2v) is 11.1. The molecule has 1 atom stereocenters. The van der Waals surface area contributed by atoms with E-state index in [0.29, 0.717) is 28.7 Å². The lowest BCUT2D eigenvalue weighted by atomic mass is 10.1. The maximum absolute atomic E-state index is 12.6. The third-order valence-corrected chi connectivity index (χ3v) is 8.20. The van der Waals surface area contributed by atoms with E-state index in [2.05, 4.69) is 19.9 Å². The second-order valence-electron chi connectivity index (χ2n) is 6.62. The Morgan fingerprint density at radius 2 is 2.07 bits per heavy atom. The molecule has 4 rings (SSSR count). The molecule has 1 aliphatic heterocycles. The van der Waals surface area contributed by atoms with Crippen LogP contribution in [0.15, 0.2) is 35.2 Å². The lowest BCUT2D eigenvalue weighted by Gasteiger charge is -2.26. The first-order valence-electron chi connectivity index (χ1n) is 8.31. The fourth-order valence-corrected chi connectivity index (χ4v) is 6.61. The van der Waals surface area contributed by atoms with Crippen molar-refractivity contribution in [3.63, 3.8) is 0 Å². The van der Waals surface area contributed by atoms with Crippen molar-refractivity contribution in [1.29, 1.82) is 0 Å². The van der Waals surface area contributed by atoms with Crippen LogP contribution < -0.4 is 10.5 Å². The fraction of sp³-hybridized carbons (Fsp3) is 0.250. The normalized spacial score (nSPS) is 20.5. The minimum absolute atomic E-state index is 0.00599. The average molecular weight is 444 g/mol. The van der Waals surface area contributed by atoms with Crippen LogP contribution in [0.5, 0.6) is 0 Å². The largest absolute Gasteiger partial charge is 0.380 e. The molecule has 12 heteroatoms. The van der Waals surface area contributed by atoms with Crippen molar-refractivity contribution in [3.05, 3.63) is 35.4 Å². The number of sulfonamides is 1. The summed E-state index contributed by atoms with van der Waals surface area (Å²) in [6.45, 7) is 0. The molecule has 3 aromatic rings. The van der Waals surface area contributed by atoms with Crippen molar-refractivity contribution >= 4 is 49.1 Å². The van der Waals surface area contributed by atoms with Gasteiger partial charge < -0.3 is 5.73 Å². The van der Waals surface area contributed by atoms with Gasteiger partial charge in [0.05, 0.1) is 26.9 Å². The number of hydrogen-bond donors (Lipinski definition) is 5. The molecule has 150 valence electrons. The maximum Gasteiger partial charge on any atom is 0.240 e. The Labute approximate surface area is 167 Å². The Hall–Kier alpha value is -1.89. The van der Waals surface area contributed by atoms with E-state index in [9.17, 15) is 17.5 Å². The summed E-state index contributed by atoms with van der Waals surface area (Å²) in [5.74, 6) is 0.484. The van der Waals surface area contributed by atoms with Crippen molar-refractivity contribution in [2.75, 3.05) is 17.2 Å². The van der Waals surface area contributed by atoms with E-state index in [1.807, 2.05) is 0 Å². The first-order chi connectivity index (χ1) is 13.1. The smallest absolute Gasteiger partial charge is 0.240 e. The minimum Gasteiger partial charge on any atom is -0.380 e. The van der Waals surface area contributed by atoms with Crippen molar-refractivity contribution in [2.24, 2.45) is 0 Å².